The van der Waals surface area contributed by atoms with Crippen molar-refractivity contribution in [3.05, 3.63) is 47.9 Å². The minimum absolute atomic E-state index is 0.127. The number of rotatable bonds is 3. The van der Waals surface area contributed by atoms with Crippen molar-refractivity contribution in [1.82, 2.24) is 9.97 Å². The van der Waals surface area contributed by atoms with Crippen molar-refractivity contribution in [3.63, 3.8) is 0 Å². The molecule has 0 radical (unpaired) electrons. The Morgan fingerprint density at radius 3 is 2.65 bits per heavy atom. The lowest BCUT2D eigenvalue weighted by Crippen LogP contribution is -2.03. The van der Waals surface area contributed by atoms with Crippen molar-refractivity contribution < 1.29 is 14.6 Å². The summed E-state index contributed by atoms with van der Waals surface area (Å²) < 4.78 is 5.45. The van der Waals surface area contributed by atoms with Crippen molar-refractivity contribution in [1.29, 1.82) is 0 Å². The van der Waals surface area contributed by atoms with Crippen LogP contribution in [0.5, 0.6) is 11.6 Å². The second kappa shape index (κ2) is 4.61. The number of hydrogen-bond donors (Lipinski definition) is 1. The van der Waals surface area contributed by atoms with Crippen LogP contribution >= 0.6 is 0 Å². The maximum atomic E-state index is 10.9. The molecule has 2 aromatic rings. The molecule has 0 unspecified atom stereocenters. The van der Waals surface area contributed by atoms with Gasteiger partial charge in [0.25, 0.3) is 0 Å². The molecule has 2 aromatic heterocycles. The van der Waals surface area contributed by atoms with E-state index < -0.39 is 5.97 Å². The summed E-state index contributed by atoms with van der Waals surface area (Å²) in [6.45, 7) is 1.83. The van der Waals surface area contributed by atoms with Crippen LogP contribution in [0.1, 0.15) is 16.1 Å². The number of aromatic carboxylic acids is 1. The van der Waals surface area contributed by atoms with Crippen molar-refractivity contribution in [2.45, 2.75) is 6.92 Å². The molecule has 0 saturated heterocycles. The maximum Gasteiger partial charge on any atom is 0.358 e. The van der Waals surface area contributed by atoms with E-state index in [1.807, 2.05) is 13.0 Å². The number of ether oxygens (including phenoxy) is 1. The molecule has 0 atom stereocenters. The summed E-state index contributed by atoms with van der Waals surface area (Å²) in [5.74, 6) is -0.570. The van der Waals surface area contributed by atoms with E-state index in [4.69, 9.17) is 9.84 Å². The zero-order chi connectivity index (χ0) is 12.3. The van der Waals surface area contributed by atoms with E-state index in [9.17, 15) is 4.79 Å². The van der Waals surface area contributed by atoms with Crippen LogP contribution in [-0.4, -0.2) is 21.0 Å². The third-order valence-electron chi connectivity index (χ3n) is 2.14. The Morgan fingerprint density at radius 1 is 1.24 bits per heavy atom. The number of carboxylic acids is 1. The standard InChI is InChI=1S/C12H10N2O3/c1-8-4-2-7-14-11(8)17-9-5-3-6-13-10(9)12(15)16/h2-7H,1H3,(H,15,16). The van der Waals surface area contributed by atoms with Crippen molar-refractivity contribution in [3.8, 4) is 11.6 Å². The number of pyridine rings is 2. The van der Waals surface area contributed by atoms with E-state index in [-0.39, 0.29) is 11.4 Å². The fourth-order valence-electron chi connectivity index (χ4n) is 1.32. The molecule has 0 aromatic carbocycles. The second-order valence-electron chi connectivity index (χ2n) is 3.38. The highest BCUT2D eigenvalue weighted by Crippen LogP contribution is 2.24. The van der Waals surface area contributed by atoms with Gasteiger partial charge in [-0.25, -0.2) is 14.8 Å². The number of aryl methyl sites for hydroxylation is 1. The number of hydrogen-bond acceptors (Lipinski definition) is 4. The molecular formula is C12H10N2O3. The average Bonchev–Trinajstić information content (AvgIpc) is 2.32. The number of carbonyl (C=O) groups is 1. The van der Waals surface area contributed by atoms with Crippen LogP contribution in [0.3, 0.4) is 0 Å². The zero-order valence-corrected chi connectivity index (χ0v) is 9.12. The van der Waals surface area contributed by atoms with Gasteiger partial charge in [0.05, 0.1) is 0 Å². The fourth-order valence-corrected chi connectivity index (χ4v) is 1.32. The van der Waals surface area contributed by atoms with Gasteiger partial charge < -0.3 is 9.84 Å². The molecule has 0 spiro atoms. The Labute approximate surface area is 97.7 Å². The quantitative estimate of drug-likeness (QED) is 0.875. The summed E-state index contributed by atoms with van der Waals surface area (Å²) >= 11 is 0. The Balaban J connectivity index is 2.37. The molecule has 0 aliphatic carbocycles. The fraction of sp³-hybridized carbons (Fsp3) is 0.0833. The van der Waals surface area contributed by atoms with Crippen molar-refractivity contribution in [2.24, 2.45) is 0 Å². The number of nitrogens with zero attached hydrogens (tertiary/aromatic N) is 2. The van der Waals surface area contributed by atoms with Crippen LogP contribution in [0.25, 0.3) is 0 Å². The molecule has 1 N–H and O–H groups in total. The summed E-state index contributed by atoms with van der Waals surface area (Å²) in [7, 11) is 0. The van der Waals surface area contributed by atoms with E-state index in [1.165, 1.54) is 6.20 Å². The van der Waals surface area contributed by atoms with Gasteiger partial charge in [-0.15, -0.1) is 0 Å². The molecule has 0 bridgehead atoms. The molecule has 2 heterocycles. The van der Waals surface area contributed by atoms with Crippen molar-refractivity contribution in [2.75, 3.05) is 0 Å². The van der Waals surface area contributed by atoms with E-state index in [1.54, 1.807) is 24.4 Å². The van der Waals surface area contributed by atoms with Gasteiger partial charge in [0.2, 0.25) is 5.88 Å². The first-order valence-electron chi connectivity index (χ1n) is 4.96. The Hall–Kier alpha value is -2.43. The molecule has 0 saturated carbocycles. The molecule has 5 nitrogen and oxygen atoms in total. The average molecular weight is 230 g/mol. The van der Waals surface area contributed by atoms with Crippen LogP contribution in [-0.2, 0) is 0 Å². The normalized spacial score (nSPS) is 9.94. The van der Waals surface area contributed by atoms with E-state index in [0.717, 1.165) is 5.56 Å². The first kappa shape index (κ1) is 11.1. The molecular weight excluding hydrogens is 220 g/mol. The first-order chi connectivity index (χ1) is 8.18. The van der Waals surface area contributed by atoms with E-state index in [2.05, 4.69) is 9.97 Å². The van der Waals surface area contributed by atoms with Crippen LogP contribution in [0.15, 0.2) is 36.7 Å². The maximum absolute atomic E-state index is 10.9. The van der Waals surface area contributed by atoms with Gasteiger partial charge in [0.15, 0.2) is 11.4 Å². The molecule has 0 aliphatic rings. The molecule has 86 valence electrons. The second-order valence-corrected chi connectivity index (χ2v) is 3.38. The summed E-state index contributed by atoms with van der Waals surface area (Å²) in [5.41, 5.74) is 0.699. The van der Waals surface area contributed by atoms with Gasteiger partial charge in [-0.1, -0.05) is 6.07 Å². The van der Waals surface area contributed by atoms with Crippen LogP contribution in [0, 0.1) is 6.92 Å². The zero-order valence-electron chi connectivity index (χ0n) is 9.12. The summed E-state index contributed by atoms with van der Waals surface area (Å²) in [6, 6.07) is 6.77. The topological polar surface area (TPSA) is 72.3 Å². The van der Waals surface area contributed by atoms with Crippen LogP contribution in [0.2, 0.25) is 0 Å². The molecule has 0 amide bonds. The monoisotopic (exact) mass is 230 g/mol. The molecule has 0 fully saturated rings. The highest BCUT2D eigenvalue weighted by molar-refractivity contribution is 5.88. The van der Waals surface area contributed by atoms with E-state index in [0.29, 0.717) is 5.88 Å². The summed E-state index contributed by atoms with van der Waals surface area (Å²) in [6.07, 6.45) is 2.99. The highest BCUT2D eigenvalue weighted by Gasteiger charge is 2.13. The predicted octanol–water partition coefficient (Wildman–Crippen LogP) is 2.28. The lowest BCUT2D eigenvalue weighted by atomic mass is 10.3. The molecule has 0 aliphatic heterocycles. The lowest BCUT2D eigenvalue weighted by Gasteiger charge is -2.08. The minimum Gasteiger partial charge on any atom is -0.476 e. The Bertz CT molecular complexity index is 555. The summed E-state index contributed by atoms with van der Waals surface area (Å²) in [5, 5.41) is 8.95. The smallest absolute Gasteiger partial charge is 0.358 e. The van der Waals surface area contributed by atoms with Crippen LogP contribution < -0.4 is 4.74 Å². The van der Waals surface area contributed by atoms with E-state index >= 15 is 0 Å². The summed E-state index contributed by atoms with van der Waals surface area (Å²) in [4.78, 5) is 18.7. The van der Waals surface area contributed by atoms with Gasteiger partial charge >= 0.3 is 5.97 Å². The molecule has 2 rings (SSSR count). The highest BCUT2D eigenvalue weighted by atomic mass is 16.5. The van der Waals surface area contributed by atoms with Crippen LogP contribution in [0.4, 0.5) is 0 Å². The molecule has 5 heteroatoms. The van der Waals surface area contributed by atoms with Gasteiger partial charge in [-0.05, 0) is 25.1 Å². The Morgan fingerprint density at radius 2 is 1.94 bits per heavy atom. The largest absolute Gasteiger partial charge is 0.476 e. The minimum atomic E-state index is -1.13. The van der Waals surface area contributed by atoms with Gasteiger partial charge in [0, 0.05) is 18.0 Å². The first-order valence-corrected chi connectivity index (χ1v) is 4.96. The third kappa shape index (κ3) is 2.39. The predicted molar refractivity (Wildman–Crippen MR) is 60.2 cm³/mol. The van der Waals surface area contributed by atoms with Gasteiger partial charge in [0.1, 0.15) is 0 Å². The van der Waals surface area contributed by atoms with Gasteiger partial charge in [-0.2, -0.15) is 0 Å². The van der Waals surface area contributed by atoms with Gasteiger partial charge in [-0.3, -0.25) is 0 Å². The number of carboxylic acid groups (broad SMARTS) is 1. The molecule has 17 heavy (non-hydrogen) atoms. The third-order valence-corrected chi connectivity index (χ3v) is 2.14. The lowest BCUT2D eigenvalue weighted by molar-refractivity contribution is 0.0687. The SMILES string of the molecule is Cc1cccnc1Oc1cccnc1C(=O)O. The van der Waals surface area contributed by atoms with Crippen molar-refractivity contribution >= 4 is 5.97 Å². The Kier molecular flexibility index (Phi) is 3.00. The number of aromatic nitrogens is 2.